The molecule has 1 saturated heterocycles. The quantitative estimate of drug-likeness (QED) is 0.889. The van der Waals surface area contributed by atoms with Crippen molar-refractivity contribution in [2.24, 2.45) is 0 Å². The number of hydrogen-bond acceptors (Lipinski definition) is 3. The number of rotatable bonds is 4. The first-order valence-corrected chi connectivity index (χ1v) is 7.16. The summed E-state index contributed by atoms with van der Waals surface area (Å²) in [5.41, 5.74) is 1.25. The largest absolute Gasteiger partial charge is 0.465 e. The van der Waals surface area contributed by atoms with Gasteiger partial charge in [0, 0.05) is 18.5 Å². The Balaban J connectivity index is 1.50. The number of amides is 1. The molecule has 3 atom stereocenters. The van der Waals surface area contributed by atoms with Crippen LogP contribution in [0.2, 0.25) is 0 Å². The first-order chi connectivity index (χ1) is 10.1. The lowest BCUT2D eigenvalue weighted by Gasteiger charge is -2.36. The van der Waals surface area contributed by atoms with Gasteiger partial charge in [0.15, 0.2) is 0 Å². The second kappa shape index (κ2) is 5.61. The van der Waals surface area contributed by atoms with Crippen LogP contribution in [0.4, 0.5) is 9.18 Å². The Labute approximate surface area is 122 Å². The zero-order valence-electron chi connectivity index (χ0n) is 11.7. The second-order valence-electron chi connectivity index (χ2n) is 5.68. The fraction of sp³-hybridized carbons (Fsp3) is 0.533. The first kappa shape index (κ1) is 14.3. The third kappa shape index (κ3) is 3.33. The highest BCUT2D eigenvalue weighted by molar-refractivity contribution is 5.65. The van der Waals surface area contributed by atoms with Gasteiger partial charge in [-0.15, -0.1) is 0 Å². The molecule has 6 heteroatoms. The Morgan fingerprint density at radius 1 is 1.48 bits per heavy atom. The lowest BCUT2D eigenvalue weighted by molar-refractivity contribution is -0.180. The molecule has 1 aromatic carbocycles. The van der Waals surface area contributed by atoms with Gasteiger partial charge in [-0.1, -0.05) is 30.3 Å². The number of ether oxygens (including phenoxy) is 1. The highest BCUT2D eigenvalue weighted by atomic mass is 19.2. The first-order valence-electron chi connectivity index (χ1n) is 7.16. The number of hydrogen-bond donors (Lipinski definition) is 2. The monoisotopic (exact) mass is 294 g/mol. The van der Waals surface area contributed by atoms with Crippen molar-refractivity contribution in [3.8, 4) is 0 Å². The molecule has 0 spiro atoms. The van der Waals surface area contributed by atoms with Crippen LogP contribution in [-0.4, -0.2) is 54.2 Å². The van der Waals surface area contributed by atoms with Gasteiger partial charge in [0.1, 0.15) is 0 Å². The summed E-state index contributed by atoms with van der Waals surface area (Å²) in [7, 11) is 0. The predicted molar refractivity (Wildman–Crippen MR) is 75.0 cm³/mol. The molecule has 114 valence electrons. The van der Waals surface area contributed by atoms with Crippen LogP contribution >= 0.6 is 0 Å². The highest BCUT2D eigenvalue weighted by Crippen LogP contribution is 2.40. The van der Waals surface area contributed by atoms with Gasteiger partial charge < -0.3 is 20.1 Å². The van der Waals surface area contributed by atoms with Gasteiger partial charge in [0.2, 0.25) is 5.85 Å². The van der Waals surface area contributed by atoms with Crippen molar-refractivity contribution in [3.05, 3.63) is 35.9 Å². The molecule has 1 unspecified atom stereocenters. The van der Waals surface area contributed by atoms with Crippen LogP contribution in [0, 0.1) is 0 Å². The number of alkyl halides is 1. The van der Waals surface area contributed by atoms with E-state index in [-0.39, 0.29) is 32.3 Å². The molecule has 21 heavy (non-hydrogen) atoms. The smallest absolute Gasteiger partial charge is 0.407 e. The van der Waals surface area contributed by atoms with Crippen LogP contribution < -0.4 is 5.32 Å². The molecule has 2 N–H and O–H groups in total. The lowest BCUT2D eigenvalue weighted by Crippen LogP contribution is -2.55. The Morgan fingerprint density at radius 3 is 2.95 bits per heavy atom. The third-order valence-electron chi connectivity index (χ3n) is 4.07. The Hall–Kier alpha value is -1.66. The van der Waals surface area contributed by atoms with E-state index in [0.29, 0.717) is 5.92 Å². The molecule has 1 amide bonds. The van der Waals surface area contributed by atoms with Gasteiger partial charge in [0.25, 0.3) is 0 Å². The van der Waals surface area contributed by atoms with Crippen molar-refractivity contribution in [1.29, 1.82) is 0 Å². The van der Waals surface area contributed by atoms with Crippen LogP contribution in [0.1, 0.15) is 17.9 Å². The summed E-state index contributed by atoms with van der Waals surface area (Å²) < 4.78 is 19.6. The zero-order valence-corrected chi connectivity index (χ0v) is 11.7. The van der Waals surface area contributed by atoms with Crippen LogP contribution in [0.25, 0.3) is 0 Å². The van der Waals surface area contributed by atoms with Crippen LogP contribution in [0.15, 0.2) is 30.3 Å². The second-order valence-corrected chi connectivity index (χ2v) is 5.68. The molecule has 5 nitrogen and oxygen atoms in total. The van der Waals surface area contributed by atoms with Gasteiger partial charge in [-0.05, 0) is 12.0 Å². The third-order valence-corrected chi connectivity index (χ3v) is 4.07. The standard InChI is InChI=1S/C15H19FN2O3/c16-15(10-18(14(19)20)6-7-21-15)9-17-13-8-12(13)11-4-2-1-3-5-11/h1-5,12-13,17H,6-10H2,(H,19,20)/t12-,13+,15?/m0/s1. The summed E-state index contributed by atoms with van der Waals surface area (Å²) in [6.07, 6.45) is -0.128. The molecule has 0 radical (unpaired) electrons. The molecular weight excluding hydrogens is 275 g/mol. The topological polar surface area (TPSA) is 61.8 Å². The average Bonchev–Trinajstić information content (AvgIpc) is 3.26. The minimum absolute atomic E-state index is 0.0186. The zero-order chi connectivity index (χ0) is 14.9. The molecule has 1 aliphatic heterocycles. The summed E-state index contributed by atoms with van der Waals surface area (Å²) in [5.74, 6) is -1.52. The molecule has 2 aliphatic rings. The fourth-order valence-corrected chi connectivity index (χ4v) is 2.79. The molecule has 1 heterocycles. The van der Waals surface area contributed by atoms with E-state index in [1.54, 1.807) is 0 Å². The fourth-order valence-electron chi connectivity index (χ4n) is 2.79. The minimum atomic E-state index is -1.93. The molecule has 0 aromatic heterocycles. The van der Waals surface area contributed by atoms with Gasteiger partial charge >= 0.3 is 6.09 Å². The number of halogens is 1. The summed E-state index contributed by atoms with van der Waals surface area (Å²) in [5, 5.41) is 12.1. The van der Waals surface area contributed by atoms with Crippen molar-refractivity contribution < 1.29 is 19.0 Å². The van der Waals surface area contributed by atoms with Crippen molar-refractivity contribution in [2.75, 3.05) is 26.2 Å². The van der Waals surface area contributed by atoms with E-state index in [9.17, 15) is 9.18 Å². The van der Waals surface area contributed by atoms with E-state index in [2.05, 4.69) is 17.4 Å². The van der Waals surface area contributed by atoms with Crippen LogP contribution in [0.3, 0.4) is 0 Å². The minimum Gasteiger partial charge on any atom is -0.465 e. The molecule has 1 aliphatic carbocycles. The molecule has 3 rings (SSSR count). The summed E-state index contributed by atoms with van der Waals surface area (Å²) >= 11 is 0. The maximum atomic E-state index is 14.5. The van der Waals surface area contributed by atoms with Crippen LogP contribution in [-0.2, 0) is 4.74 Å². The van der Waals surface area contributed by atoms with Gasteiger partial charge in [-0.3, -0.25) is 0 Å². The Morgan fingerprint density at radius 2 is 2.24 bits per heavy atom. The Bertz CT molecular complexity index is 513. The number of carboxylic acid groups (broad SMARTS) is 1. The number of carbonyl (C=O) groups is 1. The van der Waals surface area contributed by atoms with E-state index in [0.717, 1.165) is 11.3 Å². The molecule has 1 aromatic rings. The number of nitrogens with one attached hydrogen (secondary N) is 1. The van der Waals surface area contributed by atoms with Crippen molar-refractivity contribution in [2.45, 2.75) is 24.2 Å². The van der Waals surface area contributed by atoms with Crippen molar-refractivity contribution in [1.82, 2.24) is 10.2 Å². The molecular formula is C15H19FN2O3. The van der Waals surface area contributed by atoms with E-state index in [1.165, 1.54) is 5.56 Å². The SMILES string of the molecule is O=C(O)N1CCOC(F)(CN[C@@H]2C[C@H]2c2ccccc2)C1. The lowest BCUT2D eigenvalue weighted by atomic mass is 10.1. The summed E-state index contributed by atoms with van der Waals surface area (Å²) in [6.45, 7) is 0.0944. The number of nitrogens with zero attached hydrogens (tertiary/aromatic N) is 1. The summed E-state index contributed by atoms with van der Waals surface area (Å²) in [4.78, 5) is 12.0. The van der Waals surface area contributed by atoms with Crippen LogP contribution in [0.5, 0.6) is 0 Å². The van der Waals surface area contributed by atoms with Crippen molar-refractivity contribution >= 4 is 6.09 Å². The highest BCUT2D eigenvalue weighted by Gasteiger charge is 2.43. The number of benzene rings is 1. The Kier molecular flexibility index (Phi) is 3.82. The predicted octanol–water partition coefficient (Wildman–Crippen LogP) is 1.81. The van der Waals surface area contributed by atoms with E-state index in [4.69, 9.17) is 9.84 Å². The van der Waals surface area contributed by atoms with Gasteiger partial charge in [0.05, 0.1) is 19.7 Å². The number of morpholine rings is 1. The van der Waals surface area contributed by atoms with E-state index in [1.807, 2.05) is 18.2 Å². The molecule has 1 saturated carbocycles. The van der Waals surface area contributed by atoms with Gasteiger partial charge in [-0.25, -0.2) is 9.18 Å². The molecule has 2 fully saturated rings. The van der Waals surface area contributed by atoms with Gasteiger partial charge in [-0.2, -0.15) is 0 Å². The van der Waals surface area contributed by atoms with E-state index < -0.39 is 11.9 Å². The normalized spacial score (nSPS) is 32.0. The molecule has 0 bridgehead atoms. The summed E-state index contributed by atoms with van der Waals surface area (Å²) in [6, 6.07) is 10.3. The van der Waals surface area contributed by atoms with Crippen molar-refractivity contribution in [3.63, 3.8) is 0 Å². The average molecular weight is 294 g/mol. The maximum Gasteiger partial charge on any atom is 0.407 e. The van der Waals surface area contributed by atoms with E-state index >= 15 is 0 Å². The maximum absolute atomic E-state index is 14.5.